The number of rotatable bonds is 4. The number of amides is 1. The Hall–Kier alpha value is -3.68. The zero-order valence-corrected chi connectivity index (χ0v) is 17.8. The summed E-state index contributed by atoms with van der Waals surface area (Å²) in [6, 6.07) is 12.1. The van der Waals surface area contributed by atoms with Gasteiger partial charge in [-0.1, -0.05) is 31.4 Å². The van der Waals surface area contributed by atoms with E-state index < -0.39 is 5.91 Å². The average Bonchev–Trinajstić information content (AvgIpc) is 3.24. The van der Waals surface area contributed by atoms with Crippen molar-refractivity contribution >= 4 is 33.8 Å². The highest BCUT2D eigenvalue weighted by molar-refractivity contribution is 6.08. The van der Waals surface area contributed by atoms with Crippen LogP contribution in [0.15, 0.2) is 53.5 Å². The molecule has 2 N–H and O–H groups in total. The Labute approximate surface area is 183 Å². The van der Waals surface area contributed by atoms with Gasteiger partial charge >= 0.3 is 0 Å². The minimum atomic E-state index is -0.473. The number of aromatic amines is 1. The van der Waals surface area contributed by atoms with Crippen molar-refractivity contribution in [2.45, 2.75) is 38.1 Å². The Bertz CT molecular complexity index is 1370. The molecule has 0 spiro atoms. The van der Waals surface area contributed by atoms with Crippen LogP contribution in [0, 0.1) is 5.82 Å². The zero-order valence-electron chi connectivity index (χ0n) is 17.8. The van der Waals surface area contributed by atoms with Gasteiger partial charge in [0.2, 0.25) is 0 Å². The van der Waals surface area contributed by atoms with E-state index in [1.54, 1.807) is 36.4 Å². The highest BCUT2D eigenvalue weighted by Crippen LogP contribution is 2.29. The summed E-state index contributed by atoms with van der Waals surface area (Å²) >= 11 is 0. The van der Waals surface area contributed by atoms with Crippen molar-refractivity contribution in [2.24, 2.45) is 0 Å². The number of nitrogens with one attached hydrogen (secondary N) is 2. The predicted octanol–water partition coefficient (Wildman–Crippen LogP) is 4.34. The summed E-state index contributed by atoms with van der Waals surface area (Å²) in [5, 5.41) is 7.46. The molecule has 4 aromatic rings. The molecule has 0 aliphatic heterocycles. The first kappa shape index (κ1) is 20.2. The number of benzene rings is 2. The summed E-state index contributed by atoms with van der Waals surface area (Å²) in [7, 11) is 1.92. The number of aromatic nitrogens is 3. The van der Waals surface area contributed by atoms with Crippen molar-refractivity contribution in [1.29, 1.82) is 0 Å². The van der Waals surface area contributed by atoms with Gasteiger partial charge in [-0.15, -0.1) is 0 Å². The zero-order chi connectivity index (χ0) is 22.2. The molecular weight excluding hydrogens is 409 g/mol. The smallest absolute Gasteiger partial charge is 0.261 e. The minimum Gasteiger partial charge on any atom is -0.369 e. The summed E-state index contributed by atoms with van der Waals surface area (Å²) in [6.45, 7) is 0. The molecule has 164 valence electrons. The molecular formula is C24H24FN5O2. The van der Waals surface area contributed by atoms with Crippen molar-refractivity contribution in [3.63, 3.8) is 0 Å². The molecule has 0 saturated heterocycles. The van der Waals surface area contributed by atoms with Crippen molar-refractivity contribution in [3.8, 4) is 0 Å². The van der Waals surface area contributed by atoms with E-state index in [1.807, 2.05) is 11.9 Å². The summed E-state index contributed by atoms with van der Waals surface area (Å²) in [4.78, 5) is 30.0. The van der Waals surface area contributed by atoms with Gasteiger partial charge in [0.05, 0.1) is 22.8 Å². The monoisotopic (exact) mass is 433 g/mol. The predicted molar refractivity (Wildman–Crippen MR) is 123 cm³/mol. The van der Waals surface area contributed by atoms with Gasteiger partial charge in [0.1, 0.15) is 17.0 Å². The number of anilines is 2. The highest BCUT2D eigenvalue weighted by atomic mass is 19.1. The number of para-hydroxylation sites is 1. The van der Waals surface area contributed by atoms with Crippen LogP contribution in [0.1, 0.15) is 42.5 Å². The molecule has 7 nitrogen and oxygen atoms in total. The van der Waals surface area contributed by atoms with E-state index in [4.69, 9.17) is 0 Å². The first-order valence-electron chi connectivity index (χ1n) is 10.9. The van der Waals surface area contributed by atoms with E-state index in [0.717, 1.165) is 12.8 Å². The Kier molecular flexibility index (Phi) is 5.13. The maximum absolute atomic E-state index is 14.9. The number of carbonyl (C=O) groups is 1. The lowest BCUT2D eigenvalue weighted by atomic mass is 9.94. The van der Waals surface area contributed by atoms with Crippen LogP contribution in [0.25, 0.3) is 16.6 Å². The van der Waals surface area contributed by atoms with Gasteiger partial charge in [-0.2, -0.15) is 5.10 Å². The lowest BCUT2D eigenvalue weighted by molar-refractivity contribution is 0.102. The normalized spacial score (nSPS) is 14.7. The van der Waals surface area contributed by atoms with Crippen LogP contribution >= 0.6 is 0 Å². The molecule has 1 fully saturated rings. The molecule has 2 heterocycles. The highest BCUT2D eigenvalue weighted by Gasteiger charge is 2.21. The van der Waals surface area contributed by atoms with Crippen molar-refractivity contribution in [2.75, 3.05) is 17.3 Å². The molecule has 0 radical (unpaired) electrons. The van der Waals surface area contributed by atoms with Gasteiger partial charge in [-0.3, -0.25) is 9.59 Å². The minimum absolute atomic E-state index is 0.205. The van der Waals surface area contributed by atoms with Gasteiger partial charge in [0.15, 0.2) is 0 Å². The van der Waals surface area contributed by atoms with E-state index in [2.05, 4.69) is 15.4 Å². The molecule has 1 saturated carbocycles. The molecule has 2 aromatic carbocycles. The lowest BCUT2D eigenvalue weighted by Crippen LogP contribution is -2.33. The maximum Gasteiger partial charge on any atom is 0.261 e. The molecule has 0 atom stereocenters. The van der Waals surface area contributed by atoms with Gasteiger partial charge in [0, 0.05) is 18.8 Å². The number of halogens is 1. The van der Waals surface area contributed by atoms with E-state index in [9.17, 15) is 14.0 Å². The van der Waals surface area contributed by atoms with Crippen molar-refractivity contribution in [1.82, 2.24) is 14.6 Å². The fraction of sp³-hybridized carbons (Fsp3) is 0.292. The van der Waals surface area contributed by atoms with Crippen LogP contribution in [0.3, 0.4) is 0 Å². The Morgan fingerprint density at radius 2 is 1.97 bits per heavy atom. The molecule has 8 heteroatoms. The van der Waals surface area contributed by atoms with Crippen LogP contribution in [-0.4, -0.2) is 33.6 Å². The van der Waals surface area contributed by atoms with Gasteiger partial charge < -0.3 is 15.2 Å². The second kappa shape index (κ2) is 8.11. The van der Waals surface area contributed by atoms with Gasteiger partial charge in [-0.05, 0) is 43.2 Å². The first-order valence-corrected chi connectivity index (χ1v) is 10.9. The Morgan fingerprint density at radius 1 is 1.19 bits per heavy atom. The molecule has 2 aromatic heterocycles. The summed E-state index contributed by atoms with van der Waals surface area (Å²) < 4.78 is 16.4. The van der Waals surface area contributed by atoms with E-state index >= 15 is 0 Å². The van der Waals surface area contributed by atoms with Crippen LogP contribution in [0.2, 0.25) is 0 Å². The third kappa shape index (κ3) is 3.51. The molecule has 0 bridgehead atoms. The third-order valence-corrected chi connectivity index (χ3v) is 6.33. The maximum atomic E-state index is 14.9. The quantitative estimate of drug-likeness (QED) is 0.502. The first-order chi connectivity index (χ1) is 15.5. The van der Waals surface area contributed by atoms with Gasteiger partial charge in [0.25, 0.3) is 11.5 Å². The SMILES string of the molecule is CN(c1ccc(NC(=O)c2cnn3c2[nH]c(=O)c2ccccc23)cc1F)C1CCCCC1. The van der Waals surface area contributed by atoms with Crippen molar-refractivity contribution < 1.29 is 9.18 Å². The lowest BCUT2D eigenvalue weighted by Gasteiger charge is -2.33. The number of carbonyl (C=O) groups excluding carboxylic acids is 1. The summed E-state index contributed by atoms with van der Waals surface area (Å²) in [5.74, 6) is -0.853. The Morgan fingerprint density at radius 3 is 2.75 bits per heavy atom. The second-order valence-corrected chi connectivity index (χ2v) is 8.31. The fourth-order valence-electron chi connectivity index (χ4n) is 4.58. The van der Waals surface area contributed by atoms with E-state index in [0.29, 0.717) is 34.0 Å². The molecule has 32 heavy (non-hydrogen) atoms. The standard InChI is InChI=1S/C24H24FN5O2/c1-29(16-7-3-2-4-8-16)21-12-11-15(13-19(21)25)27-24(32)18-14-26-30-20-10-6-5-9-17(20)23(31)28-22(18)30/h5-6,9-14,16H,2-4,7-8H2,1H3,(H,27,32)(H,28,31). The number of H-pyrrole nitrogens is 1. The molecule has 0 unspecified atom stereocenters. The third-order valence-electron chi connectivity index (χ3n) is 6.33. The summed E-state index contributed by atoms with van der Waals surface area (Å²) in [6.07, 6.45) is 7.10. The van der Waals surface area contributed by atoms with E-state index in [1.165, 1.54) is 36.0 Å². The van der Waals surface area contributed by atoms with Crippen LogP contribution in [0.4, 0.5) is 15.8 Å². The van der Waals surface area contributed by atoms with Crippen molar-refractivity contribution in [3.05, 3.63) is 70.4 Å². The average molecular weight is 433 g/mol. The number of hydrogen-bond donors (Lipinski definition) is 2. The second-order valence-electron chi connectivity index (χ2n) is 8.31. The number of fused-ring (bicyclic) bond motifs is 3. The van der Waals surface area contributed by atoms with Crippen LogP contribution in [-0.2, 0) is 0 Å². The molecule has 1 amide bonds. The molecule has 1 aliphatic carbocycles. The van der Waals surface area contributed by atoms with Gasteiger partial charge in [-0.25, -0.2) is 8.91 Å². The topological polar surface area (TPSA) is 82.5 Å². The summed E-state index contributed by atoms with van der Waals surface area (Å²) in [5.41, 5.74) is 1.67. The largest absolute Gasteiger partial charge is 0.369 e. The van der Waals surface area contributed by atoms with Crippen LogP contribution in [0.5, 0.6) is 0 Å². The number of hydrogen-bond acceptors (Lipinski definition) is 4. The van der Waals surface area contributed by atoms with Crippen LogP contribution < -0.4 is 15.8 Å². The molecule has 5 rings (SSSR count). The fourth-order valence-corrected chi connectivity index (χ4v) is 4.58. The number of nitrogens with zero attached hydrogens (tertiary/aromatic N) is 3. The van der Waals surface area contributed by atoms with E-state index in [-0.39, 0.29) is 16.9 Å². The Balaban J connectivity index is 1.41. The molecule has 1 aliphatic rings.